The zero-order chi connectivity index (χ0) is 10.9. The van der Waals surface area contributed by atoms with Crippen molar-refractivity contribution in [2.75, 3.05) is 12.4 Å². The van der Waals surface area contributed by atoms with Crippen LogP contribution in [0.5, 0.6) is 0 Å². The van der Waals surface area contributed by atoms with Crippen LogP contribution in [0.1, 0.15) is 18.4 Å². The van der Waals surface area contributed by atoms with Crippen molar-refractivity contribution in [3.05, 3.63) is 35.9 Å². The second-order valence-electron chi connectivity index (χ2n) is 3.42. The fourth-order valence-electron chi connectivity index (χ4n) is 1.29. The lowest BCUT2D eigenvalue weighted by Gasteiger charge is -2.03. The Kier molecular flexibility index (Phi) is 6.05. The van der Waals surface area contributed by atoms with Gasteiger partial charge in [0.25, 0.3) is 0 Å². The third kappa shape index (κ3) is 5.55. The van der Waals surface area contributed by atoms with E-state index >= 15 is 0 Å². The van der Waals surface area contributed by atoms with Gasteiger partial charge in [-0.05, 0) is 12.0 Å². The molecular weight excluding hydrogens is 210 g/mol. The van der Waals surface area contributed by atoms with E-state index < -0.39 is 0 Å². The number of rotatable bonds is 7. The molecule has 0 saturated heterocycles. The first-order chi connectivity index (χ1) is 7.33. The van der Waals surface area contributed by atoms with Gasteiger partial charge in [-0.15, -0.1) is 11.6 Å². The lowest BCUT2D eigenvalue weighted by Crippen LogP contribution is -2.22. The van der Waals surface area contributed by atoms with E-state index in [9.17, 15) is 4.79 Å². The summed E-state index contributed by atoms with van der Waals surface area (Å²) in [5, 5.41) is 3.12. The van der Waals surface area contributed by atoms with Crippen molar-refractivity contribution in [1.82, 2.24) is 5.32 Å². The third-order valence-corrected chi connectivity index (χ3v) is 2.35. The molecule has 0 bridgehead atoms. The second kappa shape index (κ2) is 7.43. The van der Waals surface area contributed by atoms with Crippen molar-refractivity contribution in [3.8, 4) is 0 Å². The smallest absolute Gasteiger partial charge is 0.146 e. The lowest BCUT2D eigenvalue weighted by atomic mass is 10.2. The van der Waals surface area contributed by atoms with Crippen LogP contribution in [-0.2, 0) is 11.3 Å². The minimum atomic E-state index is 0.228. The monoisotopic (exact) mass is 225 g/mol. The SMILES string of the molecule is O=C(CCCCl)CNCc1ccccc1. The average molecular weight is 226 g/mol. The maximum absolute atomic E-state index is 11.3. The van der Waals surface area contributed by atoms with E-state index in [0.29, 0.717) is 18.8 Å². The number of benzene rings is 1. The van der Waals surface area contributed by atoms with Gasteiger partial charge in [-0.3, -0.25) is 4.79 Å². The lowest BCUT2D eigenvalue weighted by molar-refractivity contribution is -0.118. The van der Waals surface area contributed by atoms with Crippen LogP contribution in [0.25, 0.3) is 0 Å². The van der Waals surface area contributed by atoms with Crippen LogP contribution >= 0.6 is 11.6 Å². The fourth-order valence-corrected chi connectivity index (χ4v) is 1.43. The summed E-state index contributed by atoms with van der Waals surface area (Å²) in [5.41, 5.74) is 1.20. The summed E-state index contributed by atoms with van der Waals surface area (Å²) in [7, 11) is 0. The Bertz CT molecular complexity index is 287. The molecule has 1 aromatic carbocycles. The molecule has 0 aliphatic carbocycles. The van der Waals surface area contributed by atoms with E-state index in [0.717, 1.165) is 13.0 Å². The van der Waals surface area contributed by atoms with E-state index in [-0.39, 0.29) is 5.78 Å². The molecule has 0 spiro atoms. The van der Waals surface area contributed by atoms with Gasteiger partial charge >= 0.3 is 0 Å². The topological polar surface area (TPSA) is 29.1 Å². The average Bonchev–Trinajstić information content (AvgIpc) is 2.28. The zero-order valence-corrected chi connectivity index (χ0v) is 9.46. The van der Waals surface area contributed by atoms with Gasteiger partial charge in [0.05, 0.1) is 6.54 Å². The Hall–Kier alpha value is -0.860. The molecule has 0 aliphatic rings. The predicted molar refractivity (Wildman–Crippen MR) is 63.1 cm³/mol. The van der Waals surface area contributed by atoms with Crippen molar-refractivity contribution in [2.24, 2.45) is 0 Å². The maximum atomic E-state index is 11.3. The second-order valence-corrected chi connectivity index (χ2v) is 3.80. The van der Waals surface area contributed by atoms with Gasteiger partial charge in [0.15, 0.2) is 0 Å². The standard InChI is InChI=1S/C12H16ClNO/c13-8-4-7-12(15)10-14-9-11-5-2-1-3-6-11/h1-3,5-6,14H,4,7-10H2. The van der Waals surface area contributed by atoms with Crippen LogP contribution in [0.2, 0.25) is 0 Å². The predicted octanol–water partition coefficient (Wildman–Crippen LogP) is 2.36. The molecule has 1 rings (SSSR count). The summed E-state index contributed by atoms with van der Waals surface area (Å²) in [5.74, 6) is 0.788. The van der Waals surface area contributed by atoms with Crippen LogP contribution in [0, 0.1) is 0 Å². The first-order valence-electron chi connectivity index (χ1n) is 5.15. The number of nitrogens with one attached hydrogen (secondary N) is 1. The number of alkyl halides is 1. The molecular formula is C12H16ClNO. The van der Waals surface area contributed by atoms with Crippen molar-refractivity contribution >= 4 is 17.4 Å². The molecule has 0 aromatic heterocycles. The highest BCUT2D eigenvalue weighted by Gasteiger charge is 2.00. The molecule has 0 unspecified atom stereocenters. The van der Waals surface area contributed by atoms with Gasteiger partial charge < -0.3 is 5.32 Å². The van der Waals surface area contributed by atoms with E-state index in [1.54, 1.807) is 0 Å². The minimum Gasteiger partial charge on any atom is -0.306 e. The normalized spacial score (nSPS) is 10.2. The first-order valence-corrected chi connectivity index (χ1v) is 5.68. The summed E-state index contributed by atoms with van der Waals surface area (Å²) in [6, 6.07) is 10.0. The molecule has 15 heavy (non-hydrogen) atoms. The first kappa shape index (κ1) is 12.2. The zero-order valence-electron chi connectivity index (χ0n) is 8.71. The molecule has 0 atom stereocenters. The van der Waals surface area contributed by atoms with Gasteiger partial charge in [0.2, 0.25) is 0 Å². The van der Waals surface area contributed by atoms with Gasteiger partial charge in [-0.2, -0.15) is 0 Å². The molecule has 0 saturated carbocycles. The van der Waals surface area contributed by atoms with Gasteiger partial charge in [0.1, 0.15) is 5.78 Å². The van der Waals surface area contributed by atoms with Gasteiger partial charge in [-0.1, -0.05) is 30.3 Å². The van der Waals surface area contributed by atoms with Crippen LogP contribution in [-0.4, -0.2) is 18.2 Å². The summed E-state index contributed by atoms with van der Waals surface area (Å²) in [4.78, 5) is 11.3. The quantitative estimate of drug-likeness (QED) is 0.722. The van der Waals surface area contributed by atoms with Crippen LogP contribution < -0.4 is 5.32 Å². The van der Waals surface area contributed by atoms with Gasteiger partial charge in [0, 0.05) is 18.8 Å². The van der Waals surface area contributed by atoms with E-state index in [1.807, 2.05) is 30.3 Å². The Labute approximate surface area is 95.6 Å². The number of hydrogen-bond acceptors (Lipinski definition) is 2. The Morgan fingerprint density at radius 3 is 2.67 bits per heavy atom. The maximum Gasteiger partial charge on any atom is 0.146 e. The minimum absolute atomic E-state index is 0.228. The van der Waals surface area contributed by atoms with Crippen molar-refractivity contribution in [3.63, 3.8) is 0 Å². The molecule has 0 fully saturated rings. The molecule has 0 heterocycles. The van der Waals surface area contributed by atoms with Gasteiger partial charge in [-0.25, -0.2) is 0 Å². The van der Waals surface area contributed by atoms with Crippen LogP contribution in [0.15, 0.2) is 30.3 Å². The third-order valence-electron chi connectivity index (χ3n) is 2.08. The number of hydrogen-bond donors (Lipinski definition) is 1. The molecule has 2 nitrogen and oxygen atoms in total. The summed E-state index contributed by atoms with van der Waals surface area (Å²) >= 11 is 5.50. The molecule has 1 N–H and O–H groups in total. The molecule has 1 aromatic rings. The van der Waals surface area contributed by atoms with Crippen LogP contribution in [0.3, 0.4) is 0 Å². The van der Waals surface area contributed by atoms with E-state index in [4.69, 9.17) is 11.6 Å². The Morgan fingerprint density at radius 2 is 2.00 bits per heavy atom. The molecule has 3 heteroatoms. The molecule has 0 aliphatic heterocycles. The fraction of sp³-hybridized carbons (Fsp3) is 0.417. The highest BCUT2D eigenvalue weighted by atomic mass is 35.5. The number of carbonyl (C=O) groups is 1. The summed E-state index contributed by atoms with van der Waals surface area (Å²) < 4.78 is 0. The number of halogens is 1. The molecule has 0 radical (unpaired) electrons. The highest BCUT2D eigenvalue weighted by Crippen LogP contribution is 1.97. The van der Waals surface area contributed by atoms with Crippen molar-refractivity contribution in [2.45, 2.75) is 19.4 Å². The summed E-state index contributed by atoms with van der Waals surface area (Å²) in [6.45, 7) is 1.18. The van der Waals surface area contributed by atoms with Crippen molar-refractivity contribution in [1.29, 1.82) is 0 Å². The van der Waals surface area contributed by atoms with E-state index in [2.05, 4.69) is 5.32 Å². The highest BCUT2D eigenvalue weighted by molar-refractivity contribution is 6.17. The van der Waals surface area contributed by atoms with Crippen LogP contribution in [0.4, 0.5) is 0 Å². The Morgan fingerprint density at radius 1 is 1.27 bits per heavy atom. The van der Waals surface area contributed by atoms with E-state index in [1.165, 1.54) is 5.56 Å². The number of carbonyl (C=O) groups excluding carboxylic acids is 1. The Balaban J connectivity index is 2.14. The number of ketones is 1. The number of Topliss-reactive ketones (excluding diaryl/α,β-unsaturated/α-hetero) is 1. The van der Waals surface area contributed by atoms with Crippen molar-refractivity contribution < 1.29 is 4.79 Å². The summed E-state index contributed by atoms with van der Waals surface area (Å²) in [6.07, 6.45) is 1.35. The molecule has 0 amide bonds. The largest absolute Gasteiger partial charge is 0.306 e. The molecule has 82 valence electrons.